The van der Waals surface area contributed by atoms with Crippen LogP contribution in [0.5, 0.6) is 0 Å². The largest absolute Gasteiger partial charge is 0.361 e. The molecule has 3 aromatic rings. The van der Waals surface area contributed by atoms with Crippen LogP contribution in [0.2, 0.25) is 0 Å². The second kappa shape index (κ2) is 7.20. The van der Waals surface area contributed by atoms with Gasteiger partial charge in [0.25, 0.3) is 0 Å². The van der Waals surface area contributed by atoms with Gasteiger partial charge in [-0.2, -0.15) is 0 Å². The number of H-pyrrole nitrogens is 1. The van der Waals surface area contributed by atoms with Gasteiger partial charge in [0, 0.05) is 49.8 Å². The number of benzene rings is 2. The summed E-state index contributed by atoms with van der Waals surface area (Å²) in [6, 6.07) is 18.7. The van der Waals surface area contributed by atoms with Crippen LogP contribution in [0.15, 0.2) is 60.8 Å². The summed E-state index contributed by atoms with van der Waals surface area (Å²) in [7, 11) is 0. The lowest BCUT2D eigenvalue weighted by Gasteiger charge is -2.38. The number of nitrogens with zero attached hydrogens (tertiary/aromatic N) is 2. The average Bonchev–Trinajstić information content (AvgIpc) is 3.14. The van der Waals surface area contributed by atoms with Gasteiger partial charge < -0.3 is 9.88 Å². The molecule has 1 N–H and O–H groups in total. The molecule has 4 rings (SSSR count). The van der Waals surface area contributed by atoms with Crippen LogP contribution < -0.4 is 0 Å². The molecule has 1 fully saturated rings. The summed E-state index contributed by atoms with van der Waals surface area (Å²) in [6.07, 6.45) is 1.99. The highest BCUT2D eigenvalue weighted by atomic mass is 16.2. The van der Waals surface area contributed by atoms with Gasteiger partial charge in [-0.25, -0.2) is 0 Å². The first-order chi connectivity index (χ1) is 13.1. The molecule has 140 valence electrons. The fourth-order valence-electron chi connectivity index (χ4n) is 4.05. The van der Waals surface area contributed by atoms with Crippen LogP contribution in [0.25, 0.3) is 10.9 Å². The molecule has 2 aromatic carbocycles. The molecule has 1 amide bonds. The van der Waals surface area contributed by atoms with Crippen LogP contribution in [0.4, 0.5) is 0 Å². The zero-order valence-electron chi connectivity index (χ0n) is 16.1. The Labute approximate surface area is 160 Å². The van der Waals surface area contributed by atoms with Crippen molar-refractivity contribution in [2.75, 3.05) is 26.2 Å². The summed E-state index contributed by atoms with van der Waals surface area (Å²) in [5.41, 5.74) is 2.95. The Morgan fingerprint density at radius 1 is 0.963 bits per heavy atom. The van der Waals surface area contributed by atoms with Gasteiger partial charge >= 0.3 is 0 Å². The van der Waals surface area contributed by atoms with E-state index in [1.165, 1.54) is 5.56 Å². The van der Waals surface area contributed by atoms with Gasteiger partial charge in [-0.1, -0.05) is 48.5 Å². The second-order valence-corrected chi connectivity index (χ2v) is 7.93. The first-order valence-corrected chi connectivity index (χ1v) is 9.68. The fraction of sp³-hybridized carbons (Fsp3) is 0.348. The number of para-hydroxylation sites is 1. The van der Waals surface area contributed by atoms with Gasteiger partial charge in [-0.05, 0) is 31.0 Å². The predicted molar refractivity (Wildman–Crippen MR) is 110 cm³/mol. The van der Waals surface area contributed by atoms with E-state index in [-0.39, 0.29) is 5.91 Å². The van der Waals surface area contributed by atoms with Gasteiger partial charge in [0.15, 0.2) is 0 Å². The number of rotatable bonds is 4. The number of aromatic nitrogens is 1. The highest BCUT2D eigenvalue weighted by Gasteiger charge is 2.36. The van der Waals surface area contributed by atoms with Gasteiger partial charge in [-0.15, -0.1) is 0 Å². The molecule has 0 bridgehead atoms. The topological polar surface area (TPSA) is 39.3 Å². The van der Waals surface area contributed by atoms with Crippen LogP contribution in [0, 0.1) is 0 Å². The van der Waals surface area contributed by atoms with Crippen LogP contribution in [0.1, 0.15) is 25.0 Å². The summed E-state index contributed by atoms with van der Waals surface area (Å²) in [5.74, 6) is 0.214. The Morgan fingerprint density at radius 3 is 2.37 bits per heavy atom. The maximum Gasteiger partial charge on any atom is 0.232 e. The SMILES string of the molecule is CC(C)(C(=O)N1CCN(Cc2ccccc2)CC1)c1c[nH]c2ccccc12. The van der Waals surface area contributed by atoms with E-state index in [1.54, 1.807) is 0 Å². The summed E-state index contributed by atoms with van der Waals surface area (Å²) in [6.45, 7) is 8.46. The average molecular weight is 361 g/mol. The summed E-state index contributed by atoms with van der Waals surface area (Å²) >= 11 is 0. The summed E-state index contributed by atoms with van der Waals surface area (Å²) in [5, 5.41) is 1.14. The Hall–Kier alpha value is -2.59. The van der Waals surface area contributed by atoms with Crippen LogP contribution in [-0.2, 0) is 16.8 Å². The third-order valence-corrected chi connectivity index (χ3v) is 5.71. The van der Waals surface area contributed by atoms with Crippen molar-refractivity contribution in [3.05, 3.63) is 71.9 Å². The zero-order valence-corrected chi connectivity index (χ0v) is 16.1. The van der Waals surface area contributed by atoms with E-state index in [0.29, 0.717) is 0 Å². The molecule has 1 aliphatic heterocycles. The molecule has 0 spiro atoms. The molecule has 1 saturated heterocycles. The Balaban J connectivity index is 1.44. The van der Waals surface area contributed by atoms with Crippen molar-refractivity contribution in [1.29, 1.82) is 0 Å². The van der Waals surface area contributed by atoms with E-state index in [4.69, 9.17) is 0 Å². The summed E-state index contributed by atoms with van der Waals surface area (Å²) < 4.78 is 0. The Kier molecular flexibility index (Phi) is 4.75. The number of piperazine rings is 1. The van der Waals surface area contributed by atoms with Gasteiger partial charge in [0.2, 0.25) is 5.91 Å². The number of aromatic amines is 1. The lowest BCUT2D eigenvalue weighted by Crippen LogP contribution is -2.52. The number of carbonyl (C=O) groups excluding carboxylic acids is 1. The van der Waals surface area contributed by atoms with Crippen molar-refractivity contribution >= 4 is 16.8 Å². The van der Waals surface area contributed by atoms with Crippen molar-refractivity contribution in [3.8, 4) is 0 Å². The lowest BCUT2D eigenvalue weighted by atomic mass is 9.82. The molecule has 0 radical (unpaired) electrons. The summed E-state index contributed by atoms with van der Waals surface area (Å²) in [4.78, 5) is 21.1. The minimum atomic E-state index is -0.540. The molecular weight excluding hydrogens is 334 g/mol. The number of hydrogen-bond donors (Lipinski definition) is 1. The molecular formula is C23H27N3O. The number of carbonyl (C=O) groups is 1. The molecule has 4 nitrogen and oxygen atoms in total. The standard InChI is InChI=1S/C23H27N3O/c1-23(2,20-16-24-21-11-7-6-10-19(20)21)22(27)26-14-12-25(13-15-26)17-18-8-4-3-5-9-18/h3-11,16,24H,12-15,17H2,1-2H3. The van der Waals surface area contributed by atoms with E-state index in [2.05, 4.69) is 46.3 Å². The van der Waals surface area contributed by atoms with Crippen LogP contribution in [-0.4, -0.2) is 46.9 Å². The number of hydrogen-bond acceptors (Lipinski definition) is 2. The molecule has 0 atom stereocenters. The third kappa shape index (κ3) is 3.50. The predicted octanol–water partition coefficient (Wildman–Crippen LogP) is 3.79. The Morgan fingerprint density at radius 2 is 1.63 bits per heavy atom. The van der Waals surface area contributed by atoms with Crippen LogP contribution in [0.3, 0.4) is 0 Å². The second-order valence-electron chi connectivity index (χ2n) is 7.93. The van der Waals surface area contributed by atoms with Gasteiger partial charge in [0.1, 0.15) is 0 Å². The van der Waals surface area contributed by atoms with E-state index in [0.717, 1.165) is 49.2 Å². The number of amides is 1. The third-order valence-electron chi connectivity index (χ3n) is 5.71. The lowest BCUT2D eigenvalue weighted by molar-refractivity contribution is -0.138. The van der Waals surface area contributed by atoms with E-state index in [1.807, 2.05) is 43.1 Å². The van der Waals surface area contributed by atoms with Gasteiger partial charge in [0.05, 0.1) is 5.41 Å². The van der Waals surface area contributed by atoms with Crippen molar-refractivity contribution in [1.82, 2.24) is 14.8 Å². The first-order valence-electron chi connectivity index (χ1n) is 9.68. The molecule has 4 heteroatoms. The Bertz CT molecular complexity index is 921. The molecule has 0 saturated carbocycles. The van der Waals surface area contributed by atoms with Gasteiger partial charge in [-0.3, -0.25) is 9.69 Å². The molecule has 27 heavy (non-hydrogen) atoms. The molecule has 0 unspecified atom stereocenters. The highest BCUT2D eigenvalue weighted by molar-refractivity contribution is 5.94. The van der Waals surface area contributed by atoms with Crippen molar-refractivity contribution < 1.29 is 4.79 Å². The minimum Gasteiger partial charge on any atom is -0.361 e. The normalized spacial score (nSPS) is 16.0. The quantitative estimate of drug-likeness (QED) is 0.768. The smallest absolute Gasteiger partial charge is 0.232 e. The highest BCUT2D eigenvalue weighted by Crippen LogP contribution is 2.32. The monoisotopic (exact) mass is 361 g/mol. The number of nitrogens with one attached hydrogen (secondary N) is 1. The zero-order chi connectivity index (χ0) is 18.9. The fourth-order valence-corrected chi connectivity index (χ4v) is 4.05. The van der Waals surface area contributed by atoms with Crippen LogP contribution >= 0.6 is 0 Å². The molecule has 2 heterocycles. The molecule has 0 aliphatic carbocycles. The van der Waals surface area contributed by atoms with E-state index < -0.39 is 5.41 Å². The van der Waals surface area contributed by atoms with Crippen molar-refractivity contribution in [2.45, 2.75) is 25.8 Å². The molecule has 1 aliphatic rings. The minimum absolute atomic E-state index is 0.214. The van der Waals surface area contributed by atoms with Crippen molar-refractivity contribution in [3.63, 3.8) is 0 Å². The van der Waals surface area contributed by atoms with Crippen molar-refractivity contribution in [2.24, 2.45) is 0 Å². The maximum atomic E-state index is 13.3. The molecule has 1 aromatic heterocycles. The first kappa shape index (κ1) is 17.8. The number of fused-ring (bicyclic) bond motifs is 1. The van der Waals surface area contributed by atoms with E-state index >= 15 is 0 Å². The maximum absolute atomic E-state index is 13.3. The van der Waals surface area contributed by atoms with E-state index in [9.17, 15) is 4.79 Å².